The molecule has 0 aliphatic heterocycles. The van der Waals surface area contributed by atoms with E-state index in [4.69, 9.17) is 0 Å². The van der Waals surface area contributed by atoms with Gasteiger partial charge in [0, 0.05) is 24.2 Å². The second kappa shape index (κ2) is 6.18. The van der Waals surface area contributed by atoms with Crippen molar-refractivity contribution in [2.75, 3.05) is 0 Å². The van der Waals surface area contributed by atoms with Crippen LogP contribution < -0.4 is 10.6 Å². The van der Waals surface area contributed by atoms with E-state index in [0.29, 0.717) is 0 Å². The zero-order chi connectivity index (χ0) is 11.1. The molecule has 0 aromatic rings. The van der Waals surface area contributed by atoms with Crippen LogP contribution in [0, 0.1) is 0 Å². The minimum absolute atomic E-state index is 0.0836. The van der Waals surface area contributed by atoms with Crippen molar-refractivity contribution in [3.8, 4) is 0 Å². The Hall–Kier alpha value is -1.32. The molecule has 0 rings (SSSR count). The number of rotatable bonds is 4. The van der Waals surface area contributed by atoms with Crippen LogP contribution >= 0.6 is 0 Å². The Kier molecular flexibility index (Phi) is 5.60. The number of nitrogens with one attached hydrogen (secondary N) is 2. The summed E-state index contributed by atoms with van der Waals surface area (Å²) >= 11 is 0. The monoisotopic (exact) mass is 198 g/mol. The van der Waals surface area contributed by atoms with E-state index in [-0.39, 0.29) is 23.9 Å². The lowest BCUT2D eigenvalue weighted by Gasteiger charge is -2.05. The van der Waals surface area contributed by atoms with Crippen molar-refractivity contribution < 1.29 is 9.59 Å². The minimum atomic E-state index is -0.251. The standard InChI is InChI=1S/C10H18N2O2/c1-7(2)11-9(13)5-6-10(14)12-8(3)4/h5-8H,1-4H3,(H,11,13)(H,12,14)/b6-5-. The fraction of sp³-hybridized carbons (Fsp3) is 0.600. The van der Waals surface area contributed by atoms with Crippen LogP contribution in [0.2, 0.25) is 0 Å². The third-order valence-electron chi connectivity index (χ3n) is 1.25. The molecule has 2 amide bonds. The molecule has 0 saturated heterocycles. The molecule has 14 heavy (non-hydrogen) atoms. The number of carbonyl (C=O) groups is 2. The van der Waals surface area contributed by atoms with Gasteiger partial charge in [-0.25, -0.2) is 0 Å². The molecule has 0 radical (unpaired) electrons. The van der Waals surface area contributed by atoms with E-state index in [9.17, 15) is 9.59 Å². The smallest absolute Gasteiger partial charge is 0.244 e. The molecule has 0 unspecified atom stereocenters. The summed E-state index contributed by atoms with van der Waals surface area (Å²) in [4.78, 5) is 22.1. The van der Waals surface area contributed by atoms with Gasteiger partial charge in [-0.15, -0.1) is 0 Å². The molecule has 80 valence electrons. The number of carbonyl (C=O) groups excluding carboxylic acids is 2. The van der Waals surface area contributed by atoms with E-state index in [1.807, 2.05) is 27.7 Å². The van der Waals surface area contributed by atoms with Gasteiger partial charge >= 0.3 is 0 Å². The maximum absolute atomic E-state index is 11.1. The molecule has 0 aliphatic carbocycles. The Morgan fingerprint density at radius 2 is 1.14 bits per heavy atom. The summed E-state index contributed by atoms with van der Waals surface area (Å²) in [5.74, 6) is -0.502. The van der Waals surface area contributed by atoms with Crippen LogP contribution in [0.3, 0.4) is 0 Å². The first-order valence-corrected chi connectivity index (χ1v) is 4.71. The van der Waals surface area contributed by atoms with Gasteiger partial charge in [-0.2, -0.15) is 0 Å². The largest absolute Gasteiger partial charge is 0.350 e. The molecular weight excluding hydrogens is 180 g/mol. The predicted molar refractivity (Wildman–Crippen MR) is 55.7 cm³/mol. The lowest BCUT2D eigenvalue weighted by Crippen LogP contribution is -2.30. The van der Waals surface area contributed by atoms with Crippen LogP contribution in [0.25, 0.3) is 0 Å². The van der Waals surface area contributed by atoms with Crippen molar-refractivity contribution in [2.24, 2.45) is 0 Å². The highest BCUT2D eigenvalue weighted by atomic mass is 16.2. The zero-order valence-corrected chi connectivity index (χ0v) is 9.13. The quantitative estimate of drug-likeness (QED) is 0.650. The van der Waals surface area contributed by atoms with Crippen LogP contribution in [-0.4, -0.2) is 23.9 Å². The van der Waals surface area contributed by atoms with Crippen molar-refractivity contribution in [1.82, 2.24) is 10.6 Å². The van der Waals surface area contributed by atoms with Crippen molar-refractivity contribution in [3.63, 3.8) is 0 Å². The van der Waals surface area contributed by atoms with Crippen LogP contribution in [0.5, 0.6) is 0 Å². The lowest BCUT2D eigenvalue weighted by atomic mass is 10.3. The van der Waals surface area contributed by atoms with E-state index < -0.39 is 0 Å². The van der Waals surface area contributed by atoms with Gasteiger partial charge in [0.1, 0.15) is 0 Å². The first-order chi connectivity index (χ1) is 6.41. The van der Waals surface area contributed by atoms with Crippen molar-refractivity contribution >= 4 is 11.8 Å². The summed E-state index contributed by atoms with van der Waals surface area (Å²) in [6, 6.07) is 0.167. The Bertz CT molecular complexity index is 208. The molecule has 0 atom stereocenters. The second-order valence-corrected chi connectivity index (χ2v) is 3.66. The Labute approximate surface area is 84.8 Å². The molecule has 4 heteroatoms. The maximum Gasteiger partial charge on any atom is 0.244 e. The normalized spacial score (nSPS) is 11.0. The molecule has 4 nitrogen and oxygen atoms in total. The summed E-state index contributed by atoms with van der Waals surface area (Å²) in [6.07, 6.45) is 2.47. The third-order valence-corrected chi connectivity index (χ3v) is 1.25. The Morgan fingerprint density at radius 1 is 0.857 bits per heavy atom. The highest BCUT2D eigenvalue weighted by Gasteiger charge is 2.00. The van der Waals surface area contributed by atoms with Crippen molar-refractivity contribution in [1.29, 1.82) is 0 Å². The number of hydrogen-bond acceptors (Lipinski definition) is 2. The number of amides is 2. The Morgan fingerprint density at radius 3 is 1.36 bits per heavy atom. The summed E-state index contributed by atoms with van der Waals surface area (Å²) in [6.45, 7) is 7.44. The van der Waals surface area contributed by atoms with Gasteiger partial charge in [0.25, 0.3) is 0 Å². The molecule has 0 spiro atoms. The zero-order valence-electron chi connectivity index (χ0n) is 9.13. The average Bonchev–Trinajstić information content (AvgIpc) is 1.98. The molecule has 0 fully saturated rings. The van der Waals surface area contributed by atoms with Gasteiger partial charge in [0.15, 0.2) is 0 Å². The summed E-state index contributed by atoms with van der Waals surface area (Å²) in [5.41, 5.74) is 0. The van der Waals surface area contributed by atoms with E-state index in [0.717, 1.165) is 0 Å². The third kappa shape index (κ3) is 7.34. The van der Waals surface area contributed by atoms with E-state index in [1.54, 1.807) is 0 Å². The fourth-order valence-corrected chi connectivity index (χ4v) is 0.817. The Balaban J connectivity index is 3.92. The molecule has 0 heterocycles. The SMILES string of the molecule is CC(C)NC(=O)/C=C\C(=O)NC(C)C. The molecule has 2 N–H and O–H groups in total. The summed E-state index contributed by atoms with van der Waals surface area (Å²) in [5, 5.41) is 5.29. The minimum Gasteiger partial charge on any atom is -0.350 e. The molecule has 0 aliphatic rings. The molecule has 0 aromatic carbocycles. The maximum atomic E-state index is 11.1. The topological polar surface area (TPSA) is 58.2 Å². The van der Waals surface area contributed by atoms with Crippen LogP contribution in [-0.2, 0) is 9.59 Å². The first kappa shape index (κ1) is 12.7. The molecule has 0 saturated carbocycles. The van der Waals surface area contributed by atoms with Gasteiger partial charge in [0.2, 0.25) is 11.8 Å². The van der Waals surface area contributed by atoms with Gasteiger partial charge in [-0.3, -0.25) is 9.59 Å². The summed E-state index contributed by atoms with van der Waals surface area (Å²) < 4.78 is 0. The number of hydrogen-bond donors (Lipinski definition) is 2. The average molecular weight is 198 g/mol. The van der Waals surface area contributed by atoms with Gasteiger partial charge in [-0.05, 0) is 27.7 Å². The van der Waals surface area contributed by atoms with E-state index in [2.05, 4.69) is 10.6 Å². The van der Waals surface area contributed by atoms with Crippen LogP contribution in [0.4, 0.5) is 0 Å². The molecular formula is C10H18N2O2. The first-order valence-electron chi connectivity index (χ1n) is 4.71. The lowest BCUT2D eigenvalue weighted by molar-refractivity contribution is -0.119. The molecule has 0 aromatic heterocycles. The van der Waals surface area contributed by atoms with Crippen molar-refractivity contribution in [3.05, 3.63) is 12.2 Å². The van der Waals surface area contributed by atoms with Gasteiger partial charge < -0.3 is 10.6 Å². The summed E-state index contributed by atoms with van der Waals surface area (Å²) in [7, 11) is 0. The van der Waals surface area contributed by atoms with Gasteiger partial charge in [0.05, 0.1) is 0 Å². The van der Waals surface area contributed by atoms with Crippen molar-refractivity contribution in [2.45, 2.75) is 39.8 Å². The highest BCUT2D eigenvalue weighted by molar-refractivity contribution is 5.96. The van der Waals surface area contributed by atoms with E-state index in [1.165, 1.54) is 12.2 Å². The highest BCUT2D eigenvalue weighted by Crippen LogP contribution is 1.82. The van der Waals surface area contributed by atoms with Gasteiger partial charge in [-0.1, -0.05) is 0 Å². The van der Waals surface area contributed by atoms with E-state index >= 15 is 0 Å². The predicted octanol–water partition coefficient (Wildman–Crippen LogP) is 0.592. The second-order valence-electron chi connectivity index (χ2n) is 3.66. The fourth-order valence-electron chi connectivity index (χ4n) is 0.817. The van der Waals surface area contributed by atoms with Crippen LogP contribution in [0.15, 0.2) is 12.2 Å². The molecule has 0 bridgehead atoms. The van der Waals surface area contributed by atoms with Crippen LogP contribution in [0.1, 0.15) is 27.7 Å².